The lowest BCUT2D eigenvalue weighted by atomic mass is 10.1. The third-order valence-corrected chi connectivity index (χ3v) is 2.24. The Morgan fingerprint density at radius 3 is 2.70 bits per heavy atom. The molecule has 0 heterocycles. The van der Waals surface area contributed by atoms with E-state index >= 15 is 0 Å². The minimum absolute atomic E-state index is 0.0666. The van der Waals surface area contributed by atoms with Crippen LogP contribution in [0.3, 0.4) is 0 Å². The number of hydrogen-bond acceptors (Lipinski definition) is 6. The number of carboxylic acid groups (broad SMARTS) is 1. The maximum atomic E-state index is 10.8. The standard InChI is InChI=1S/C12H10N2O6/c1-2-20-10-5-7(3-8(6-13)12(16)17)4-9(11(10)15)14(18)19/h3-5,15H,2H2,1H3,(H,16,17). The van der Waals surface area contributed by atoms with Crippen LogP contribution < -0.4 is 4.74 Å². The molecule has 8 nitrogen and oxygen atoms in total. The molecule has 0 aliphatic heterocycles. The van der Waals surface area contributed by atoms with E-state index in [1.165, 1.54) is 12.1 Å². The van der Waals surface area contributed by atoms with Gasteiger partial charge in [0.1, 0.15) is 11.6 Å². The first-order chi connectivity index (χ1) is 9.40. The van der Waals surface area contributed by atoms with E-state index in [0.29, 0.717) is 0 Å². The fourth-order valence-corrected chi connectivity index (χ4v) is 1.41. The van der Waals surface area contributed by atoms with Crippen LogP contribution in [0.15, 0.2) is 17.7 Å². The molecular weight excluding hydrogens is 268 g/mol. The van der Waals surface area contributed by atoms with Crippen LogP contribution >= 0.6 is 0 Å². The van der Waals surface area contributed by atoms with E-state index < -0.39 is 27.9 Å². The number of carboxylic acids is 1. The second kappa shape index (κ2) is 6.19. The molecule has 0 saturated heterocycles. The normalized spacial score (nSPS) is 10.7. The summed E-state index contributed by atoms with van der Waals surface area (Å²) >= 11 is 0. The number of ether oxygens (including phenoxy) is 1. The van der Waals surface area contributed by atoms with E-state index in [0.717, 1.165) is 12.1 Å². The lowest BCUT2D eigenvalue weighted by Gasteiger charge is -2.07. The SMILES string of the molecule is CCOc1cc(C=C(C#N)C(=O)O)cc([N+](=O)[O-])c1O. The quantitative estimate of drug-likeness (QED) is 0.362. The van der Waals surface area contributed by atoms with Gasteiger partial charge in [0, 0.05) is 6.07 Å². The van der Waals surface area contributed by atoms with Gasteiger partial charge in [0.05, 0.1) is 11.5 Å². The fraction of sp³-hybridized carbons (Fsp3) is 0.167. The zero-order chi connectivity index (χ0) is 15.3. The van der Waals surface area contributed by atoms with Crippen molar-refractivity contribution in [3.05, 3.63) is 33.4 Å². The number of nitro groups is 1. The average molecular weight is 278 g/mol. The number of aromatic hydroxyl groups is 1. The molecule has 104 valence electrons. The van der Waals surface area contributed by atoms with Gasteiger partial charge in [-0.15, -0.1) is 0 Å². The first-order valence-electron chi connectivity index (χ1n) is 5.40. The van der Waals surface area contributed by atoms with Gasteiger partial charge in [0.2, 0.25) is 5.75 Å². The molecule has 1 aromatic rings. The highest BCUT2D eigenvalue weighted by Gasteiger charge is 2.20. The number of rotatable bonds is 5. The monoisotopic (exact) mass is 278 g/mol. The predicted molar refractivity (Wildman–Crippen MR) is 67.2 cm³/mol. The average Bonchev–Trinajstić information content (AvgIpc) is 2.38. The molecular formula is C12H10N2O6. The molecule has 1 rings (SSSR count). The van der Waals surface area contributed by atoms with Gasteiger partial charge in [-0.05, 0) is 24.6 Å². The predicted octanol–water partition coefficient (Wildman–Crippen LogP) is 1.69. The van der Waals surface area contributed by atoms with Crippen molar-refractivity contribution >= 4 is 17.7 Å². The zero-order valence-corrected chi connectivity index (χ0v) is 10.4. The van der Waals surface area contributed by atoms with Gasteiger partial charge in [-0.3, -0.25) is 10.1 Å². The maximum absolute atomic E-state index is 10.8. The Morgan fingerprint density at radius 1 is 1.60 bits per heavy atom. The topological polar surface area (TPSA) is 134 Å². The number of hydrogen-bond donors (Lipinski definition) is 2. The van der Waals surface area contributed by atoms with Gasteiger partial charge in [-0.25, -0.2) is 4.79 Å². The molecule has 0 saturated carbocycles. The number of benzene rings is 1. The van der Waals surface area contributed by atoms with Gasteiger partial charge in [0.15, 0.2) is 5.75 Å². The van der Waals surface area contributed by atoms with Crippen LogP contribution in [0.1, 0.15) is 12.5 Å². The van der Waals surface area contributed by atoms with E-state index in [1.807, 2.05) is 0 Å². The van der Waals surface area contributed by atoms with Crippen LogP contribution in [0.4, 0.5) is 5.69 Å². The van der Waals surface area contributed by atoms with Crippen molar-refractivity contribution in [3.8, 4) is 17.6 Å². The van der Waals surface area contributed by atoms with Gasteiger partial charge in [-0.1, -0.05) is 0 Å². The molecule has 0 fully saturated rings. The summed E-state index contributed by atoms with van der Waals surface area (Å²) < 4.78 is 5.03. The third-order valence-electron chi connectivity index (χ3n) is 2.24. The molecule has 0 radical (unpaired) electrons. The van der Waals surface area contributed by atoms with E-state index in [-0.39, 0.29) is 17.9 Å². The molecule has 1 aromatic carbocycles. The number of nitrogens with zero attached hydrogens (tertiary/aromatic N) is 2. The summed E-state index contributed by atoms with van der Waals surface area (Å²) in [6.45, 7) is 1.77. The number of nitriles is 1. The molecule has 0 atom stereocenters. The molecule has 2 N–H and O–H groups in total. The second-order valence-corrected chi connectivity index (χ2v) is 3.55. The van der Waals surface area contributed by atoms with Crippen LogP contribution in [0, 0.1) is 21.4 Å². The summed E-state index contributed by atoms with van der Waals surface area (Å²) in [6, 6.07) is 3.62. The first-order valence-corrected chi connectivity index (χ1v) is 5.40. The summed E-state index contributed by atoms with van der Waals surface area (Å²) in [5.74, 6) is -2.26. The molecule has 20 heavy (non-hydrogen) atoms. The van der Waals surface area contributed by atoms with Crippen LogP contribution in [0.5, 0.6) is 11.5 Å². The van der Waals surface area contributed by atoms with Crippen molar-refractivity contribution in [3.63, 3.8) is 0 Å². The summed E-state index contributed by atoms with van der Waals surface area (Å²) in [6.07, 6.45) is 0.956. The molecule has 0 unspecified atom stereocenters. The Kier molecular flexibility index (Phi) is 4.64. The van der Waals surface area contributed by atoms with Gasteiger partial charge in [0.25, 0.3) is 0 Å². The number of aliphatic carboxylic acids is 1. The van der Waals surface area contributed by atoms with E-state index in [4.69, 9.17) is 15.1 Å². The van der Waals surface area contributed by atoms with E-state index in [9.17, 15) is 20.0 Å². The highest BCUT2D eigenvalue weighted by atomic mass is 16.6. The second-order valence-electron chi connectivity index (χ2n) is 3.55. The van der Waals surface area contributed by atoms with Crippen molar-refractivity contribution in [1.82, 2.24) is 0 Å². The number of phenols is 1. The Balaban J connectivity index is 3.46. The summed E-state index contributed by atoms with van der Waals surface area (Å²) in [4.78, 5) is 20.7. The van der Waals surface area contributed by atoms with Gasteiger partial charge >= 0.3 is 11.7 Å². The molecule has 0 amide bonds. The van der Waals surface area contributed by atoms with Crippen molar-refractivity contribution in [2.24, 2.45) is 0 Å². The minimum Gasteiger partial charge on any atom is -0.500 e. The highest BCUT2D eigenvalue weighted by molar-refractivity contribution is 5.96. The number of carbonyl (C=O) groups is 1. The van der Waals surface area contributed by atoms with Crippen molar-refractivity contribution < 1.29 is 24.7 Å². The molecule has 0 spiro atoms. The lowest BCUT2D eigenvalue weighted by molar-refractivity contribution is -0.386. The molecule has 8 heteroatoms. The molecule has 0 aliphatic carbocycles. The van der Waals surface area contributed by atoms with Crippen molar-refractivity contribution in [2.75, 3.05) is 6.61 Å². The van der Waals surface area contributed by atoms with Gasteiger partial charge < -0.3 is 14.9 Å². The summed E-state index contributed by atoms with van der Waals surface area (Å²) in [5, 5.41) is 37.8. The van der Waals surface area contributed by atoms with E-state index in [2.05, 4.69) is 0 Å². The minimum atomic E-state index is -1.46. The molecule has 0 aromatic heterocycles. The van der Waals surface area contributed by atoms with Crippen molar-refractivity contribution in [1.29, 1.82) is 5.26 Å². The Labute approximate surface area is 113 Å². The lowest BCUT2D eigenvalue weighted by Crippen LogP contribution is -1.99. The van der Waals surface area contributed by atoms with Crippen LogP contribution in [-0.4, -0.2) is 27.7 Å². The van der Waals surface area contributed by atoms with Crippen molar-refractivity contribution in [2.45, 2.75) is 6.92 Å². The Morgan fingerprint density at radius 2 is 2.25 bits per heavy atom. The summed E-state index contributed by atoms with van der Waals surface area (Å²) in [5.41, 5.74) is -1.16. The van der Waals surface area contributed by atoms with Crippen LogP contribution in [0.2, 0.25) is 0 Å². The number of phenolic OH excluding ortho intramolecular Hbond substituents is 1. The third kappa shape index (κ3) is 3.23. The van der Waals surface area contributed by atoms with E-state index in [1.54, 1.807) is 6.92 Å². The smallest absolute Gasteiger partial charge is 0.346 e. The highest BCUT2D eigenvalue weighted by Crippen LogP contribution is 2.37. The first kappa shape index (κ1) is 15.0. The zero-order valence-electron chi connectivity index (χ0n) is 10.4. The number of nitro benzene ring substituents is 1. The fourth-order valence-electron chi connectivity index (χ4n) is 1.41. The molecule has 0 aliphatic rings. The van der Waals surface area contributed by atoms with Crippen LogP contribution in [-0.2, 0) is 4.79 Å². The van der Waals surface area contributed by atoms with Crippen LogP contribution in [0.25, 0.3) is 6.08 Å². The Hall–Kier alpha value is -3.08. The molecule has 0 bridgehead atoms. The van der Waals surface area contributed by atoms with Gasteiger partial charge in [-0.2, -0.15) is 5.26 Å². The summed E-state index contributed by atoms with van der Waals surface area (Å²) in [7, 11) is 0. The Bertz CT molecular complexity index is 630. The maximum Gasteiger partial charge on any atom is 0.346 e. The largest absolute Gasteiger partial charge is 0.500 e.